The van der Waals surface area contributed by atoms with Crippen molar-refractivity contribution in [2.24, 2.45) is 0 Å². The molecule has 0 fully saturated rings. The van der Waals surface area contributed by atoms with Gasteiger partial charge in [-0.25, -0.2) is 8.78 Å². The number of ether oxygens (including phenoxy) is 1. The Labute approximate surface area is 107 Å². The van der Waals surface area contributed by atoms with E-state index in [1.165, 1.54) is 20.0 Å². The van der Waals surface area contributed by atoms with Gasteiger partial charge in [-0.05, 0) is 25.6 Å². The van der Waals surface area contributed by atoms with Crippen LogP contribution in [0.25, 0.3) is 0 Å². The van der Waals surface area contributed by atoms with Gasteiger partial charge < -0.3 is 10.1 Å². The molecule has 0 saturated carbocycles. The van der Waals surface area contributed by atoms with Crippen LogP contribution < -0.4 is 5.32 Å². The molecule has 19 heavy (non-hydrogen) atoms. The van der Waals surface area contributed by atoms with E-state index in [0.29, 0.717) is 6.07 Å². The van der Waals surface area contributed by atoms with Crippen molar-refractivity contribution >= 4 is 0 Å². The van der Waals surface area contributed by atoms with Crippen molar-refractivity contribution in [2.75, 3.05) is 20.3 Å². The maximum Gasteiger partial charge on any atom is 0.411 e. The number of hydrogen-bond donors (Lipinski definition) is 1. The first-order valence-electron chi connectivity index (χ1n) is 5.52. The van der Waals surface area contributed by atoms with E-state index >= 15 is 0 Å². The molecule has 108 valence electrons. The van der Waals surface area contributed by atoms with Gasteiger partial charge in [-0.15, -0.1) is 0 Å². The fourth-order valence-electron chi connectivity index (χ4n) is 1.57. The number of aryl methyl sites for hydroxylation is 1. The molecule has 1 N–H and O–H groups in total. The van der Waals surface area contributed by atoms with Crippen molar-refractivity contribution in [1.82, 2.24) is 5.32 Å². The minimum atomic E-state index is -4.43. The Hall–Kier alpha value is -1.21. The Bertz CT molecular complexity index is 433. The smallest absolute Gasteiger partial charge is 0.370 e. The Morgan fingerprint density at radius 3 is 2.37 bits per heavy atom. The summed E-state index contributed by atoms with van der Waals surface area (Å²) in [4.78, 5) is 0. The Balaban J connectivity index is 2.77. The van der Waals surface area contributed by atoms with E-state index in [0.717, 1.165) is 0 Å². The van der Waals surface area contributed by atoms with Crippen molar-refractivity contribution in [3.63, 3.8) is 0 Å². The van der Waals surface area contributed by atoms with Crippen LogP contribution >= 0.6 is 0 Å². The highest BCUT2D eigenvalue weighted by atomic mass is 19.4. The third-order valence-electron chi connectivity index (χ3n) is 2.55. The van der Waals surface area contributed by atoms with Gasteiger partial charge in [0.05, 0.1) is 12.6 Å². The lowest BCUT2D eigenvalue weighted by Crippen LogP contribution is -2.26. The SMILES string of the molecule is CNC(COCC(F)(F)F)c1cc(C)c(F)cc1F. The molecule has 0 saturated heterocycles. The van der Waals surface area contributed by atoms with Gasteiger partial charge in [0.2, 0.25) is 0 Å². The van der Waals surface area contributed by atoms with Crippen LogP contribution in [0.1, 0.15) is 17.2 Å². The predicted molar refractivity (Wildman–Crippen MR) is 59.8 cm³/mol. The summed E-state index contributed by atoms with van der Waals surface area (Å²) in [6.45, 7) is -0.327. The first-order valence-corrected chi connectivity index (χ1v) is 5.52. The predicted octanol–water partition coefficient (Wildman–Crippen LogP) is 3.11. The van der Waals surface area contributed by atoms with Gasteiger partial charge in [-0.3, -0.25) is 0 Å². The molecule has 1 aromatic rings. The second kappa shape index (κ2) is 6.29. The maximum absolute atomic E-state index is 13.6. The topological polar surface area (TPSA) is 21.3 Å². The zero-order valence-electron chi connectivity index (χ0n) is 10.4. The number of likely N-dealkylation sites (N-methyl/N-ethyl adjacent to an activating group) is 1. The van der Waals surface area contributed by atoms with E-state index in [1.54, 1.807) is 0 Å². The van der Waals surface area contributed by atoms with Crippen LogP contribution in [0.2, 0.25) is 0 Å². The van der Waals surface area contributed by atoms with Gasteiger partial charge >= 0.3 is 6.18 Å². The molecule has 1 unspecified atom stereocenters. The normalized spacial score (nSPS) is 13.6. The van der Waals surface area contributed by atoms with Crippen LogP contribution in [0.15, 0.2) is 12.1 Å². The molecule has 0 aliphatic heterocycles. The van der Waals surface area contributed by atoms with E-state index in [2.05, 4.69) is 10.1 Å². The lowest BCUT2D eigenvalue weighted by molar-refractivity contribution is -0.175. The fraction of sp³-hybridized carbons (Fsp3) is 0.500. The molecule has 1 atom stereocenters. The lowest BCUT2D eigenvalue weighted by Gasteiger charge is -2.19. The summed E-state index contributed by atoms with van der Waals surface area (Å²) < 4.78 is 67.0. The maximum atomic E-state index is 13.6. The van der Waals surface area contributed by atoms with E-state index in [-0.39, 0.29) is 17.7 Å². The summed E-state index contributed by atoms with van der Waals surface area (Å²) in [5, 5.41) is 2.64. The summed E-state index contributed by atoms with van der Waals surface area (Å²) in [5.74, 6) is -1.52. The highest BCUT2D eigenvalue weighted by Gasteiger charge is 2.28. The van der Waals surface area contributed by atoms with Gasteiger partial charge in [0.1, 0.15) is 18.2 Å². The minimum Gasteiger partial charge on any atom is -0.370 e. The average molecular weight is 283 g/mol. The highest BCUT2D eigenvalue weighted by molar-refractivity contribution is 5.28. The van der Waals surface area contributed by atoms with Crippen LogP contribution in [0, 0.1) is 18.6 Å². The summed E-state index contributed by atoms with van der Waals surface area (Å²) >= 11 is 0. The number of halogens is 5. The Kier molecular flexibility index (Phi) is 5.25. The van der Waals surface area contributed by atoms with Crippen LogP contribution in [-0.4, -0.2) is 26.4 Å². The molecule has 7 heteroatoms. The first kappa shape index (κ1) is 15.8. The zero-order chi connectivity index (χ0) is 14.6. The largest absolute Gasteiger partial charge is 0.411 e. The third kappa shape index (κ3) is 4.76. The van der Waals surface area contributed by atoms with Crippen LogP contribution in [0.4, 0.5) is 22.0 Å². The fourth-order valence-corrected chi connectivity index (χ4v) is 1.57. The zero-order valence-corrected chi connectivity index (χ0v) is 10.4. The molecule has 2 nitrogen and oxygen atoms in total. The van der Waals surface area contributed by atoms with Crippen LogP contribution in [0.3, 0.4) is 0 Å². The highest BCUT2D eigenvalue weighted by Crippen LogP contribution is 2.22. The van der Waals surface area contributed by atoms with Crippen molar-refractivity contribution in [3.05, 3.63) is 34.9 Å². The van der Waals surface area contributed by atoms with Crippen LogP contribution in [0.5, 0.6) is 0 Å². The number of alkyl halides is 3. The van der Waals surface area contributed by atoms with Crippen molar-refractivity contribution in [3.8, 4) is 0 Å². The Morgan fingerprint density at radius 1 is 1.21 bits per heavy atom. The molecule has 0 aliphatic rings. The van der Waals surface area contributed by atoms with Crippen LogP contribution in [-0.2, 0) is 4.74 Å². The van der Waals surface area contributed by atoms with E-state index in [4.69, 9.17) is 0 Å². The lowest BCUT2D eigenvalue weighted by atomic mass is 10.0. The number of benzene rings is 1. The van der Waals surface area contributed by atoms with E-state index in [1.807, 2.05) is 0 Å². The molecule has 0 aromatic heterocycles. The first-order chi connectivity index (χ1) is 8.74. The van der Waals surface area contributed by atoms with Gasteiger partial charge in [-0.2, -0.15) is 13.2 Å². The number of rotatable bonds is 5. The summed E-state index contributed by atoms with van der Waals surface area (Å²) in [5.41, 5.74) is 0.288. The van der Waals surface area contributed by atoms with Crippen molar-refractivity contribution < 1.29 is 26.7 Å². The second-order valence-corrected chi connectivity index (χ2v) is 4.09. The molecule has 0 aliphatic carbocycles. The quantitative estimate of drug-likeness (QED) is 0.838. The molecule has 1 aromatic carbocycles. The van der Waals surface area contributed by atoms with Crippen molar-refractivity contribution in [2.45, 2.75) is 19.1 Å². The summed E-state index contributed by atoms with van der Waals surface area (Å²) in [6, 6.07) is 1.18. The van der Waals surface area contributed by atoms with Crippen molar-refractivity contribution in [1.29, 1.82) is 0 Å². The molecular weight excluding hydrogens is 269 g/mol. The molecule has 0 bridgehead atoms. The minimum absolute atomic E-state index is 0.0728. The molecule has 0 heterocycles. The van der Waals surface area contributed by atoms with Gasteiger partial charge in [0.15, 0.2) is 0 Å². The molecule has 0 amide bonds. The third-order valence-corrected chi connectivity index (χ3v) is 2.55. The molecule has 0 spiro atoms. The van der Waals surface area contributed by atoms with Gasteiger partial charge in [-0.1, -0.05) is 0 Å². The molecule has 1 rings (SSSR count). The average Bonchev–Trinajstić information content (AvgIpc) is 2.29. The molecular formula is C12H14F5NO. The number of hydrogen-bond acceptors (Lipinski definition) is 2. The standard InChI is InChI=1S/C12H14F5NO/c1-7-3-8(10(14)4-9(7)13)11(18-2)5-19-6-12(15,16)17/h3-4,11,18H,5-6H2,1-2H3. The molecule has 0 radical (unpaired) electrons. The Morgan fingerprint density at radius 2 is 1.84 bits per heavy atom. The number of nitrogens with one attached hydrogen (secondary N) is 1. The summed E-state index contributed by atoms with van der Waals surface area (Å²) in [7, 11) is 1.46. The van der Waals surface area contributed by atoms with E-state index < -0.39 is 30.5 Å². The monoisotopic (exact) mass is 283 g/mol. The van der Waals surface area contributed by atoms with E-state index in [9.17, 15) is 22.0 Å². The second-order valence-electron chi connectivity index (χ2n) is 4.09. The van der Waals surface area contributed by atoms with Gasteiger partial charge in [0.25, 0.3) is 0 Å². The van der Waals surface area contributed by atoms with Gasteiger partial charge in [0, 0.05) is 11.6 Å². The summed E-state index contributed by atoms with van der Waals surface area (Å²) in [6.07, 6.45) is -4.43.